The van der Waals surface area contributed by atoms with Gasteiger partial charge in [-0.25, -0.2) is 0 Å². The van der Waals surface area contributed by atoms with Crippen molar-refractivity contribution < 1.29 is 48.2 Å². The second-order valence-electron chi connectivity index (χ2n) is 7.31. The van der Waals surface area contributed by atoms with Crippen LogP contribution in [0.25, 0.3) is 0 Å². The van der Waals surface area contributed by atoms with Crippen molar-refractivity contribution in [2.75, 3.05) is 28.4 Å². The van der Waals surface area contributed by atoms with Gasteiger partial charge in [0.05, 0.1) is 28.4 Å². The molecule has 2 fully saturated rings. The second kappa shape index (κ2) is 8.03. The van der Waals surface area contributed by atoms with Gasteiger partial charge in [0, 0.05) is 11.1 Å². The minimum atomic E-state index is -0.964. The topological polar surface area (TPSA) is 130 Å². The molecule has 0 saturated carbocycles. The summed E-state index contributed by atoms with van der Waals surface area (Å²) < 4.78 is 31.8. The third-order valence-corrected chi connectivity index (χ3v) is 5.73. The monoisotopic (exact) mass is 446 g/mol. The average Bonchev–Trinajstić information content (AvgIpc) is 3.32. The van der Waals surface area contributed by atoms with Gasteiger partial charge < -0.3 is 38.6 Å². The molecule has 0 amide bonds. The van der Waals surface area contributed by atoms with Crippen LogP contribution in [0.5, 0.6) is 34.5 Å². The van der Waals surface area contributed by atoms with Crippen molar-refractivity contribution in [2.45, 2.75) is 12.2 Å². The lowest BCUT2D eigenvalue weighted by molar-refractivity contribution is -0.154. The van der Waals surface area contributed by atoms with Crippen LogP contribution >= 0.6 is 0 Å². The largest absolute Gasteiger partial charge is 0.502 e. The van der Waals surface area contributed by atoms with Gasteiger partial charge in [0.2, 0.25) is 11.5 Å². The fourth-order valence-electron chi connectivity index (χ4n) is 4.18. The number of carbonyl (C=O) groups is 2. The summed E-state index contributed by atoms with van der Waals surface area (Å²) in [4.78, 5) is 25.7. The number of phenols is 2. The fraction of sp³-hybridized carbons (Fsp3) is 0.364. The zero-order valence-electron chi connectivity index (χ0n) is 17.8. The van der Waals surface area contributed by atoms with E-state index in [1.807, 2.05) is 0 Å². The van der Waals surface area contributed by atoms with Crippen molar-refractivity contribution in [1.29, 1.82) is 0 Å². The zero-order chi connectivity index (χ0) is 23.2. The SMILES string of the molecule is COc1cc([C@@H]2OC(=O)[C@@H]3[C@H]2C(=O)O[C@H]3c2cc(OC)c(O)c(OC)c2)cc(OC)c1O. The van der Waals surface area contributed by atoms with E-state index in [0.29, 0.717) is 11.1 Å². The molecule has 2 saturated heterocycles. The number of aromatic hydroxyl groups is 2. The summed E-state index contributed by atoms with van der Waals surface area (Å²) in [7, 11) is 5.47. The number of phenolic OH excluding ortho intramolecular Hbond substituents is 2. The Labute approximate surface area is 183 Å². The van der Waals surface area contributed by atoms with Gasteiger partial charge in [-0.05, 0) is 24.3 Å². The maximum Gasteiger partial charge on any atom is 0.314 e. The second-order valence-corrected chi connectivity index (χ2v) is 7.31. The zero-order valence-corrected chi connectivity index (χ0v) is 17.8. The van der Waals surface area contributed by atoms with Gasteiger partial charge in [-0.15, -0.1) is 0 Å². The number of esters is 2. The summed E-state index contributed by atoms with van der Waals surface area (Å²) in [6.07, 6.45) is -1.93. The normalized spacial score (nSPS) is 23.9. The molecule has 2 aliphatic heterocycles. The molecule has 2 aliphatic rings. The highest BCUT2D eigenvalue weighted by Crippen LogP contribution is 2.54. The molecule has 2 aromatic carbocycles. The maximum atomic E-state index is 12.8. The van der Waals surface area contributed by atoms with Gasteiger partial charge in [0.15, 0.2) is 23.0 Å². The number of rotatable bonds is 6. The third-order valence-electron chi connectivity index (χ3n) is 5.73. The predicted molar refractivity (Wildman–Crippen MR) is 107 cm³/mol. The number of hydrogen-bond acceptors (Lipinski definition) is 10. The fourth-order valence-corrected chi connectivity index (χ4v) is 4.18. The molecular formula is C22H22O10. The summed E-state index contributed by atoms with van der Waals surface area (Å²) in [5.41, 5.74) is 0.826. The number of cyclic esters (lactones) is 2. The first kappa shape index (κ1) is 21.4. The highest BCUT2D eigenvalue weighted by Gasteiger charge is 2.60. The number of fused-ring (bicyclic) bond motifs is 1. The number of benzene rings is 2. The minimum absolute atomic E-state index is 0.106. The van der Waals surface area contributed by atoms with Gasteiger partial charge in [0.1, 0.15) is 24.0 Å². The molecule has 0 bridgehead atoms. The third kappa shape index (κ3) is 3.19. The van der Waals surface area contributed by atoms with Crippen LogP contribution in [0.15, 0.2) is 24.3 Å². The van der Waals surface area contributed by atoms with E-state index in [9.17, 15) is 19.8 Å². The molecular weight excluding hydrogens is 424 g/mol. The van der Waals surface area contributed by atoms with Crippen molar-refractivity contribution in [1.82, 2.24) is 0 Å². The molecule has 0 spiro atoms. The first-order valence-electron chi connectivity index (χ1n) is 9.65. The van der Waals surface area contributed by atoms with Crippen LogP contribution < -0.4 is 18.9 Å². The molecule has 2 heterocycles. The Balaban J connectivity index is 1.74. The highest BCUT2D eigenvalue weighted by molar-refractivity contribution is 5.90. The van der Waals surface area contributed by atoms with Crippen LogP contribution in [0.4, 0.5) is 0 Å². The van der Waals surface area contributed by atoms with E-state index in [1.165, 1.54) is 52.7 Å². The first-order chi connectivity index (χ1) is 15.3. The van der Waals surface area contributed by atoms with E-state index < -0.39 is 36.0 Å². The Hall–Kier alpha value is -3.82. The van der Waals surface area contributed by atoms with Crippen molar-refractivity contribution >= 4 is 11.9 Å². The van der Waals surface area contributed by atoms with E-state index >= 15 is 0 Å². The van der Waals surface area contributed by atoms with Crippen LogP contribution in [0.3, 0.4) is 0 Å². The summed E-state index contributed by atoms with van der Waals surface area (Å²) in [5, 5.41) is 20.3. The van der Waals surface area contributed by atoms with Gasteiger partial charge in [-0.3, -0.25) is 9.59 Å². The van der Waals surface area contributed by atoms with Crippen LogP contribution in [0, 0.1) is 11.8 Å². The Bertz CT molecular complexity index is 943. The van der Waals surface area contributed by atoms with Crippen molar-refractivity contribution in [3.8, 4) is 34.5 Å². The summed E-state index contributed by atoms with van der Waals surface area (Å²) in [6, 6.07) is 5.91. The van der Waals surface area contributed by atoms with Crippen LogP contribution in [0.2, 0.25) is 0 Å². The van der Waals surface area contributed by atoms with E-state index in [2.05, 4.69) is 0 Å². The van der Waals surface area contributed by atoms with Crippen molar-refractivity contribution in [3.05, 3.63) is 35.4 Å². The molecule has 0 radical (unpaired) electrons. The van der Waals surface area contributed by atoms with Crippen LogP contribution in [0.1, 0.15) is 23.3 Å². The lowest BCUT2D eigenvalue weighted by atomic mass is 9.84. The van der Waals surface area contributed by atoms with Crippen LogP contribution in [-0.4, -0.2) is 50.6 Å². The molecule has 10 nitrogen and oxygen atoms in total. The van der Waals surface area contributed by atoms with E-state index in [0.717, 1.165) is 0 Å². The Morgan fingerprint density at radius 3 is 1.16 bits per heavy atom. The lowest BCUT2D eigenvalue weighted by Gasteiger charge is -2.18. The smallest absolute Gasteiger partial charge is 0.314 e. The van der Waals surface area contributed by atoms with Crippen molar-refractivity contribution in [3.63, 3.8) is 0 Å². The predicted octanol–water partition coefficient (Wildman–Crippen LogP) is 2.26. The first-order valence-corrected chi connectivity index (χ1v) is 9.65. The Kier molecular flexibility index (Phi) is 5.37. The highest BCUT2D eigenvalue weighted by atomic mass is 16.6. The molecule has 170 valence electrons. The molecule has 32 heavy (non-hydrogen) atoms. The average molecular weight is 446 g/mol. The quantitative estimate of drug-likeness (QED) is 0.637. The molecule has 10 heteroatoms. The van der Waals surface area contributed by atoms with Gasteiger partial charge >= 0.3 is 11.9 Å². The lowest BCUT2D eigenvalue weighted by Crippen LogP contribution is -2.19. The summed E-state index contributed by atoms with van der Waals surface area (Å²) in [5.74, 6) is -3.10. The van der Waals surface area contributed by atoms with E-state index in [-0.39, 0.29) is 34.5 Å². The van der Waals surface area contributed by atoms with E-state index in [4.69, 9.17) is 28.4 Å². The van der Waals surface area contributed by atoms with Crippen molar-refractivity contribution in [2.24, 2.45) is 11.8 Å². The summed E-state index contributed by atoms with van der Waals surface area (Å²) >= 11 is 0. The van der Waals surface area contributed by atoms with Gasteiger partial charge in [-0.2, -0.15) is 0 Å². The van der Waals surface area contributed by atoms with Crippen LogP contribution in [-0.2, 0) is 19.1 Å². The molecule has 2 N–H and O–H groups in total. The number of carbonyl (C=O) groups excluding carboxylic acids is 2. The van der Waals surface area contributed by atoms with Gasteiger partial charge in [0.25, 0.3) is 0 Å². The molecule has 0 aromatic heterocycles. The minimum Gasteiger partial charge on any atom is -0.502 e. The maximum absolute atomic E-state index is 12.8. The standard InChI is InChI=1S/C22H22O10/c1-27-11-5-9(6-12(28-2)17(11)23)19-15-16(22(26)31-19)20(32-21(15)25)10-7-13(29-3)18(24)14(8-10)30-4/h5-8,15-16,19-20,23-24H,1-4H3/t15-,16-,19+,20+/m1/s1. The summed E-state index contributed by atoms with van der Waals surface area (Å²) in [6.45, 7) is 0. The Morgan fingerprint density at radius 1 is 0.625 bits per heavy atom. The number of methoxy groups -OCH3 is 4. The molecule has 4 atom stereocenters. The number of hydrogen-bond donors (Lipinski definition) is 2. The molecule has 0 aliphatic carbocycles. The van der Waals surface area contributed by atoms with E-state index in [1.54, 1.807) is 0 Å². The molecule has 4 rings (SSSR count). The molecule has 0 unspecified atom stereocenters. The Morgan fingerprint density at radius 2 is 0.906 bits per heavy atom. The van der Waals surface area contributed by atoms with Gasteiger partial charge in [-0.1, -0.05) is 0 Å². The molecule has 2 aromatic rings. The number of ether oxygens (including phenoxy) is 6.